The molecule has 0 fully saturated rings. The summed E-state index contributed by atoms with van der Waals surface area (Å²) in [5, 5.41) is 14.2. The van der Waals surface area contributed by atoms with Crippen molar-refractivity contribution in [3.05, 3.63) is 53.0 Å². The third kappa shape index (κ3) is 2.30. The molecule has 0 radical (unpaired) electrons. The van der Waals surface area contributed by atoms with E-state index >= 15 is 0 Å². The van der Waals surface area contributed by atoms with Crippen LogP contribution in [-0.2, 0) is 13.0 Å². The molecule has 0 saturated heterocycles. The van der Waals surface area contributed by atoms with Crippen LogP contribution in [0.4, 0.5) is 0 Å². The monoisotopic (exact) mass is 258 g/mol. The highest BCUT2D eigenvalue weighted by Gasteiger charge is 2.09. The Labute approximate surface area is 109 Å². The number of rotatable bonds is 4. The van der Waals surface area contributed by atoms with Crippen molar-refractivity contribution in [1.82, 2.24) is 9.55 Å². The summed E-state index contributed by atoms with van der Waals surface area (Å²) in [6.07, 6.45) is 2.11. The maximum Gasteiger partial charge on any atom is 0.0959 e. The smallest absolute Gasteiger partial charge is 0.0959 e. The summed E-state index contributed by atoms with van der Waals surface area (Å²) in [4.78, 5) is 4.32. The highest BCUT2D eigenvalue weighted by molar-refractivity contribution is 7.07. The first-order chi connectivity index (χ1) is 8.83. The van der Waals surface area contributed by atoms with Crippen LogP contribution in [0.25, 0.3) is 11.0 Å². The molecule has 3 nitrogen and oxygen atoms in total. The first-order valence-corrected chi connectivity index (χ1v) is 6.86. The van der Waals surface area contributed by atoms with E-state index in [-0.39, 0.29) is 6.10 Å². The van der Waals surface area contributed by atoms with Crippen LogP contribution in [0, 0.1) is 0 Å². The van der Waals surface area contributed by atoms with Crippen molar-refractivity contribution < 1.29 is 5.11 Å². The zero-order chi connectivity index (χ0) is 12.4. The largest absolute Gasteiger partial charge is 0.391 e. The summed E-state index contributed by atoms with van der Waals surface area (Å²) in [5.74, 6) is 0. The van der Waals surface area contributed by atoms with E-state index in [1.807, 2.05) is 34.2 Å². The summed E-state index contributed by atoms with van der Waals surface area (Å²) in [7, 11) is 0. The van der Waals surface area contributed by atoms with E-state index in [1.165, 1.54) is 5.56 Å². The number of hydrogen-bond acceptors (Lipinski definition) is 3. The Morgan fingerprint density at radius 2 is 2.17 bits per heavy atom. The number of aliphatic hydroxyl groups is 1. The van der Waals surface area contributed by atoms with Crippen molar-refractivity contribution in [1.29, 1.82) is 0 Å². The quantitative estimate of drug-likeness (QED) is 0.781. The molecule has 0 aliphatic heterocycles. The number of benzene rings is 1. The molecule has 0 spiro atoms. The summed E-state index contributed by atoms with van der Waals surface area (Å²) in [5.41, 5.74) is 3.24. The number of fused-ring (bicyclic) bond motifs is 1. The number of nitrogens with zero attached hydrogens (tertiary/aromatic N) is 2. The molecular formula is C14H14N2OS. The molecule has 18 heavy (non-hydrogen) atoms. The fourth-order valence-corrected chi connectivity index (χ4v) is 2.81. The first kappa shape index (κ1) is 11.4. The molecule has 4 heteroatoms. The maximum atomic E-state index is 10.1. The Morgan fingerprint density at radius 1 is 1.28 bits per heavy atom. The lowest BCUT2D eigenvalue weighted by atomic mass is 10.1. The van der Waals surface area contributed by atoms with Crippen molar-refractivity contribution >= 4 is 22.4 Å². The molecule has 3 aromatic rings. The highest BCUT2D eigenvalue weighted by atomic mass is 32.1. The molecule has 0 saturated carbocycles. The summed E-state index contributed by atoms with van der Waals surface area (Å²) in [6.45, 7) is 0.580. The third-order valence-corrected chi connectivity index (χ3v) is 3.72. The summed E-state index contributed by atoms with van der Waals surface area (Å²) in [6, 6.07) is 10.0. The number of thiophene rings is 1. The maximum absolute atomic E-state index is 10.1. The SMILES string of the molecule is OC(Cc1ccsc1)Cn1cnc2ccccc21. The average molecular weight is 258 g/mol. The molecule has 1 aromatic carbocycles. The van der Waals surface area contributed by atoms with Gasteiger partial charge >= 0.3 is 0 Å². The molecule has 92 valence electrons. The van der Waals surface area contributed by atoms with Gasteiger partial charge in [-0.15, -0.1) is 0 Å². The lowest BCUT2D eigenvalue weighted by molar-refractivity contribution is 0.156. The summed E-state index contributed by atoms with van der Waals surface area (Å²) < 4.78 is 2.01. The van der Waals surface area contributed by atoms with Crippen LogP contribution in [-0.4, -0.2) is 20.8 Å². The molecule has 0 bridgehead atoms. The Balaban J connectivity index is 1.76. The standard InChI is InChI=1S/C14H14N2OS/c17-12(7-11-5-6-18-9-11)8-16-10-15-13-3-1-2-4-14(13)16/h1-6,9-10,12,17H,7-8H2. The molecule has 0 aliphatic carbocycles. The van der Waals surface area contributed by atoms with E-state index in [1.54, 1.807) is 17.7 Å². The van der Waals surface area contributed by atoms with Crippen molar-refractivity contribution in [3.8, 4) is 0 Å². The van der Waals surface area contributed by atoms with Gasteiger partial charge < -0.3 is 9.67 Å². The normalized spacial score (nSPS) is 12.9. The van der Waals surface area contributed by atoms with Gasteiger partial charge in [0.15, 0.2) is 0 Å². The van der Waals surface area contributed by atoms with Gasteiger partial charge in [0, 0.05) is 6.42 Å². The van der Waals surface area contributed by atoms with Gasteiger partial charge in [-0.3, -0.25) is 0 Å². The third-order valence-electron chi connectivity index (χ3n) is 2.99. The average Bonchev–Trinajstić information content (AvgIpc) is 3.00. The second kappa shape index (κ2) is 4.92. The zero-order valence-electron chi connectivity index (χ0n) is 9.86. The van der Waals surface area contributed by atoms with E-state index in [0.717, 1.165) is 11.0 Å². The lowest BCUT2D eigenvalue weighted by Crippen LogP contribution is -2.17. The number of aromatic nitrogens is 2. The predicted molar refractivity (Wildman–Crippen MR) is 73.8 cm³/mol. The van der Waals surface area contributed by atoms with E-state index in [0.29, 0.717) is 13.0 Å². The number of para-hydroxylation sites is 2. The molecule has 3 rings (SSSR count). The Hall–Kier alpha value is -1.65. The number of aliphatic hydroxyl groups excluding tert-OH is 1. The van der Waals surface area contributed by atoms with Crippen LogP contribution in [0.5, 0.6) is 0 Å². The van der Waals surface area contributed by atoms with Gasteiger partial charge in [-0.05, 0) is 34.5 Å². The van der Waals surface area contributed by atoms with Crippen molar-refractivity contribution in [3.63, 3.8) is 0 Å². The van der Waals surface area contributed by atoms with Gasteiger partial charge in [0.1, 0.15) is 0 Å². The van der Waals surface area contributed by atoms with Crippen molar-refractivity contribution in [2.75, 3.05) is 0 Å². The van der Waals surface area contributed by atoms with Crippen LogP contribution >= 0.6 is 11.3 Å². The van der Waals surface area contributed by atoms with Gasteiger partial charge in [-0.1, -0.05) is 12.1 Å². The minimum Gasteiger partial charge on any atom is -0.391 e. The zero-order valence-corrected chi connectivity index (χ0v) is 10.7. The summed E-state index contributed by atoms with van der Waals surface area (Å²) >= 11 is 1.66. The fourth-order valence-electron chi connectivity index (χ4n) is 2.13. The Kier molecular flexibility index (Phi) is 3.13. The van der Waals surface area contributed by atoms with Crippen molar-refractivity contribution in [2.45, 2.75) is 19.1 Å². The fraction of sp³-hybridized carbons (Fsp3) is 0.214. The van der Waals surface area contributed by atoms with Gasteiger partial charge in [0.25, 0.3) is 0 Å². The first-order valence-electron chi connectivity index (χ1n) is 5.92. The second-order valence-electron chi connectivity index (χ2n) is 4.38. The van der Waals surface area contributed by atoms with Gasteiger partial charge in [-0.25, -0.2) is 4.98 Å². The van der Waals surface area contributed by atoms with Crippen LogP contribution in [0.15, 0.2) is 47.4 Å². The molecule has 1 unspecified atom stereocenters. The van der Waals surface area contributed by atoms with E-state index in [4.69, 9.17) is 0 Å². The molecule has 1 atom stereocenters. The van der Waals surface area contributed by atoms with Crippen LogP contribution in [0.3, 0.4) is 0 Å². The predicted octanol–water partition coefficient (Wildman–Crippen LogP) is 2.70. The number of imidazole rings is 1. The second-order valence-corrected chi connectivity index (χ2v) is 5.16. The molecule has 2 aromatic heterocycles. The highest BCUT2D eigenvalue weighted by Crippen LogP contribution is 2.14. The van der Waals surface area contributed by atoms with Crippen LogP contribution in [0.2, 0.25) is 0 Å². The van der Waals surface area contributed by atoms with Gasteiger partial charge in [0.05, 0.1) is 30.0 Å². The van der Waals surface area contributed by atoms with E-state index in [9.17, 15) is 5.11 Å². The molecule has 0 aliphatic rings. The lowest BCUT2D eigenvalue weighted by Gasteiger charge is -2.11. The van der Waals surface area contributed by atoms with E-state index < -0.39 is 0 Å². The molecule has 2 heterocycles. The van der Waals surface area contributed by atoms with Crippen LogP contribution < -0.4 is 0 Å². The Bertz CT molecular complexity index is 630. The molecule has 1 N–H and O–H groups in total. The molecular weight excluding hydrogens is 244 g/mol. The van der Waals surface area contributed by atoms with Gasteiger partial charge in [0.2, 0.25) is 0 Å². The molecule has 0 amide bonds. The topological polar surface area (TPSA) is 38.0 Å². The van der Waals surface area contributed by atoms with Gasteiger partial charge in [-0.2, -0.15) is 11.3 Å². The Morgan fingerprint density at radius 3 is 3.00 bits per heavy atom. The van der Waals surface area contributed by atoms with Crippen molar-refractivity contribution in [2.24, 2.45) is 0 Å². The minimum absolute atomic E-state index is 0.378. The number of hydrogen-bond donors (Lipinski definition) is 1. The minimum atomic E-state index is -0.378. The van der Waals surface area contributed by atoms with E-state index in [2.05, 4.69) is 16.4 Å². The van der Waals surface area contributed by atoms with Crippen LogP contribution in [0.1, 0.15) is 5.56 Å².